The predicted octanol–water partition coefficient (Wildman–Crippen LogP) is 3.48. The Labute approximate surface area is 90.5 Å². The summed E-state index contributed by atoms with van der Waals surface area (Å²) in [6.07, 6.45) is 4.84. The minimum atomic E-state index is 0.840. The van der Waals surface area contributed by atoms with Gasteiger partial charge in [0.05, 0.1) is 0 Å². The molecule has 1 aromatic heterocycles. The first-order valence-corrected chi connectivity index (χ1v) is 5.68. The first-order valence-electron chi connectivity index (χ1n) is 5.68. The molecule has 0 unspecified atom stereocenters. The number of aryl methyl sites for hydroxylation is 1. The van der Waals surface area contributed by atoms with E-state index in [1.807, 2.05) is 6.07 Å². The maximum atomic E-state index is 5.98. The molecule has 0 aliphatic rings. The average Bonchev–Trinajstić information content (AvgIpc) is 2.56. The van der Waals surface area contributed by atoms with Gasteiger partial charge < -0.3 is 10.7 Å². The summed E-state index contributed by atoms with van der Waals surface area (Å²) in [5.74, 6) is 0.840. The Balaban J connectivity index is 2.28. The molecule has 1 heterocycles. The molecule has 0 aliphatic carbocycles. The first-order chi connectivity index (χ1) is 7.33. The Kier molecular flexibility index (Phi) is 2.95. The van der Waals surface area contributed by atoms with Crippen LogP contribution in [0.2, 0.25) is 0 Å². The predicted molar refractivity (Wildman–Crippen MR) is 65.9 cm³/mol. The number of nitrogen functional groups attached to an aromatic ring is 1. The van der Waals surface area contributed by atoms with Crippen LogP contribution in [0.5, 0.6) is 0 Å². The van der Waals surface area contributed by atoms with Crippen LogP contribution in [-0.4, -0.2) is 4.98 Å². The molecule has 2 rings (SSSR count). The van der Waals surface area contributed by atoms with Crippen molar-refractivity contribution in [2.45, 2.75) is 32.6 Å². The van der Waals surface area contributed by atoms with Crippen molar-refractivity contribution < 1.29 is 0 Å². The van der Waals surface area contributed by atoms with Crippen LogP contribution in [-0.2, 0) is 6.42 Å². The van der Waals surface area contributed by atoms with E-state index in [9.17, 15) is 0 Å². The van der Waals surface area contributed by atoms with Gasteiger partial charge in [-0.2, -0.15) is 0 Å². The number of H-pyrrole nitrogens is 1. The highest BCUT2D eigenvalue weighted by Crippen LogP contribution is 2.25. The SMILES string of the molecule is CCCCCc1c(N)[nH]c2ccccc12. The van der Waals surface area contributed by atoms with Crippen molar-refractivity contribution in [3.8, 4) is 0 Å². The molecule has 0 radical (unpaired) electrons. The molecule has 0 aliphatic heterocycles. The third kappa shape index (κ3) is 1.99. The molecule has 0 fully saturated rings. The molecule has 2 aromatic rings. The molecule has 0 spiro atoms. The fourth-order valence-corrected chi connectivity index (χ4v) is 2.04. The highest BCUT2D eigenvalue weighted by atomic mass is 14.8. The molecular weight excluding hydrogens is 184 g/mol. The summed E-state index contributed by atoms with van der Waals surface area (Å²) in [6.45, 7) is 2.22. The Morgan fingerprint density at radius 3 is 2.80 bits per heavy atom. The van der Waals surface area contributed by atoms with E-state index in [4.69, 9.17) is 5.73 Å². The number of rotatable bonds is 4. The number of para-hydroxylation sites is 1. The van der Waals surface area contributed by atoms with Crippen molar-refractivity contribution in [3.05, 3.63) is 29.8 Å². The second-order valence-electron chi connectivity index (χ2n) is 4.02. The van der Waals surface area contributed by atoms with Gasteiger partial charge in [-0.05, 0) is 18.9 Å². The molecule has 2 nitrogen and oxygen atoms in total. The Morgan fingerprint density at radius 2 is 2.00 bits per heavy atom. The molecule has 0 atom stereocenters. The summed E-state index contributed by atoms with van der Waals surface area (Å²) in [5.41, 5.74) is 8.42. The summed E-state index contributed by atoms with van der Waals surface area (Å²) in [4.78, 5) is 3.23. The lowest BCUT2D eigenvalue weighted by atomic mass is 10.1. The zero-order valence-corrected chi connectivity index (χ0v) is 9.22. The summed E-state index contributed by atoms with van der Waals surface area (Å²) in [7, 11) is 0. The number of anilines is 1. The van der Waals surface area contributed by atoms with Crippen LogP contribution in [0.4, 0.5) is 5.82 Å². The summed E-state index contributed by atoms with van der Waals surface area (Å²) in [6, 6.07) is 8.32. The van der Waals surface area contributed by atoms with Gasteiger partial charge in [0.25, 0.3) is 0 Å². The van der Waals surface area contributed by atoms with E-state index in [2.05, 4.69) is 30.1 Å². The number of fused-ring (bicyclic) bond motifs is 1. The van der Waals surface area contributed by atoms with Crippen LogP contribution in [0.15, 0.2) is 24.3 Å². The number of benzene rings is 1. The minimum Gasteiger partial charge on any atom is -0.385 e. The summed E-state index contributed by atoms with van der Waals surface area (Å²) in [5, 5.41) is 1.28. The maximum absolute atomic E-state index is 5.98. The van der Waals surface area contributed by atoms with Crippen molar-refractivity contribution in [1.82, 2.24) is 4.98 Å². The van der Waals surface area contributed by atoms with Gasteiger partial charge in [-0.25, -0.2) is 0 Å². The van der Waals surface area contributed by atoms with E-state index in [0.717, 1.165) is 17.8 Å². The van der Waals surface area contributed by atoms with Crippen molar-refractivity contribution in [2.24, 2.45) is 0 Å². The summed E-state index contributed by atoms with van der Waals surface area (Å²) < 4.78 is 0. The highest BCUT2D eigenvalue weighted by molar-refractivity contribution is 5.88. The first kappa shape index (κ1) is 10.1. The summed E-state index contributed by atoms with van der Waals surface area (Å²) >= 11 is 0. The average molecular weight is 202 g/mol. The van der Waals surface area contributed by atoms with Crippen LogP contribution in [0.3, 0.4) is 0 Å². The number of unbranched alkanes of at least 4 members (excludes halogenated alkanes) is 2. The van der Waals surface area contributed by atoms with Crippen molar-refractivity contribution in [2.75, 3.05) is 5.73 Å². The molecule has 0 saturated heterocycles. The third-order valence-corrected chi connectivity index (χ3v) is 2.88. The maximum Gasteiger partial charge on any atom is 0.104 e. The molecule has 0 bridgehead atoms. The number of nitrogens with one attached hydrogen (secondary N) is 1. The second-order valence-corrected chi connectivity index (χ2v) is 4.02. The highest BCUT2D eigenvalue weighted by Gasteiger charge is 2.07. The third-order valence-electron chi connectivity index (χ3n) is 2.88. The molecule has 0 amide bonds. The normalized spacial score (nSPS) is 11.0. The second kappa shape index (κ2) is 4.39. The van der Waals surface area contributed by atoms with E-state index in [-0.39, 0.29) is 0 Å². The molecule has 15 heavy (non-hydrogen) atoms. The fourth-order valence-electron chi connectivity index (χ4n) is 2.04. The lowest BCUT2D eigenvalue weighted by molar-refractivity contribution is 0.720. The molecular formula is C13H18N2. The molecule has 3 N–H and O–H groups in total. The molecule has 1 aromatic carbocycles. The van der Waals surface area contributed by atoms with Crippen LogP contribution in [0, 0.1) is 0 Å². The van der Waals surface area contributed by atoms with Gasteiger partial charge in [-0.15, -0.1) is 0 Å². The molecule has 2 heteroatoms. The van der Waals surface area contributed by atoms with Gasteiger partial charge in [-0.3, -0.25) is 0 Å². The lowest BCUT2D eigenvalue weighted by Gasteiger charge is -2.00. The Morgan fingerprint density at radius 1 is 1.20 bits per heavy atom. The van der Waals surface area contributed by atoms with Crippen molar-refractivity contribution in [1.29, 1.82) is 0 Å². The fraction of sp³-hybridized carbons (Fsp3) is 0.385. The monoisotopic (exact) mass is 202 g/mol. The van der Waals surface area contributed by atoms with Crippen LogP contribution < -0.4 is 5.73 Å². The van der Waals surface area contributed by atoms with Gasteiger partial charge in [0, 0.05) is 16.5 Å². The van der Waals surface area contributed by atoms with E-state index in [0.29, 0.717) is 0 Å². The molecule has 80 valence electrons. The van der Waals surface area contributed by atoms with Gasteiger partial charge >= 0.3 is 0 Å². The van der Waals surface area contributed by atoms with Crippen molar-refractivity contribution >= 4 is 16.7 Å². The van der Waals surface area contributed by atoms with Crippen LogP contribution in [0.25, 0.3) is 10.9 Å². The Bertz CT molecular complexity index is 443. The molecule has 0 saturated carbocycles. The van der Waals surface area contributed by atoms with Crippen molar-refractivity contribution in [3.63, 3.8) is 0 Å². The van der Waals surface area contributed by atoms with Gasteiger partial charge in [-0.1, -0.05) is 38.0 Å². The Hall–Kier alpha value is -1.44. The number of aromatic nitrogens is 1. The number of hydrogen-bond donors (Lipinski definition) is 2. The standard InChI is InChI=1S/C13H18N2/c1-2-3-4-8-11-10-7-5-6-9-12(10)15-13(11)14/h5-7,9,15H,2-4,8,14H2,1H3. The number of hydrogen-bond acceptors (Lipinski definition) is 1. The minimum absolute atomic E-state index is 0.840. The largest absolute Gasteiger partial charge is 0.385 e. The lowest BCUT2D eigenvalue weighted by Crippen LogP contribution is -1.92. The zero-order chi connectivity index (χ0) is 10.7. The van der Waals surface area contributed by atoms with Gasteiger partial charge in [0.15, 0.2) is 0 Å². The smallest absolute Gasteiger partial charge is 0.104 e. The van der Waals surface area contributed by atoms with Crippen LogP contribution in [0.1, 0.15) is 31.7 Å². The van der Waals surface area contributed by atoms with Gasteiger partial charge in [0.1, 0.15) is 5.82 Å². The number of nitrogens with two attached hydrogens (primary N) is 1. The number of aromatic amines is 1. The zero-order valence-electron chi connectivity index (χ0n) is 9.22. The van der Waals surface area contributed by atoms with E-state index < -0.39 is 0 Å². The van der Waals surface area contributed by atoms with Crippen LogP contribution >= 0.6 is 0 Å². The topological polar surface area (TPSA) is 41.8 Å². The van der Waals surface area contributed by atoms with E-state index in [1.165, 1.54) is 30.2 Å². The van der Waals surface area contributed by atoms with E-state index in [1.54, 1.807) is 0 Å². The van der Waals surface area contributed by atoms with E-state index >= 15 is 0 Å². The quantitative estimate of drug-likeness (QED) is 0.732. The van der Waals surface area contributed by atoms with Gasteiger partial charge in [0.2, 0.25) is 0 Å².